The molecule has 0 aliphatic heterocycles. The third-order valence-electron chi connectivity index (χ3n) is 6.07. The molecule has 2 unspecified atom stereocenters. The molecule has 3 aromatic rings. The summed E-state index contributed by atoms with van der Waals surface area (Å²) in [5.74, 6) is 0.402. The molecule has 166 valence electrons. The van der Waals surface area contributed by atoms with Gasteiger partial charge in [-0.2, -0.15) is 0 Å². The number of nitrogens with zero attached hydrogens (tertiary/aromatic N) is 3. The first-order chi connectivity index (χ1) is 16.0. The van der Waals surface area contributed by atoms with Gasteiger partial charge in [0.1, 0.15) is 0 Å². The molecule has 3 aromatic carbocycles. The molecule has 2 atom stereocenters. The normalized spacial score (nSPS) is 16.7. The highest BCUT2D eigenvalue weighted by Gasteiger charge is 2.22. The quantitative estimate of drug-likeness (QED) is 0.217. The molecule has 0 heterocycles. The van der Waals surface area contributed by atoms with Crippen LogP contribution < -0.4 is 4.90 Å². The first-order valence-electron chi connectivity index (χ1n) is 11.1. The number of benzene rings is 3. The molecule has 0 radical (unpaired) electrons. The summed E-state index contributed by atoms with van der Waals surface area (Å²) in [4.78, 5) is 17.6. The second kappa shape index (κ2) is 10.1. The van der Waals surface area contributed by atoms with Gasteiger partial charge in [-0.3, -0.25) is 15.1 Å². The molecule has 0 amide bonds. The SMILES string of the molecule is CC(=Nc1ccc(N(c2ccccc2)c2ccccc2)cc1)C(C)C1C=CC([N+](=O)[O-])=CC1. The lowest BCUT2D eigenvalue weighted by molar-refractivity contribution is -0.419. The number of para-hydroxylation sites is 2. The van der Waals surface area contributed by atoms with Crippen LogP contribution in [0.15, 0.2) is 114 Å². The van der Waals surface area contributed by atoms with Gasteiger partial charge < -0.3 is 4.90 Å². The maximum absolute atomic E-state index is 10.9. The van der Waals surface area contributed by atoms with E-state index in [0.29, 0.717) is 6.42 Å². The smallest absolute Gasteiger partial charge is 0.265 e. The molecule has 0 bridgehead atoms. The van der Waals surface area contributed by atoms with Crippen LogP contribution in [0.2, 0.25) is 0 Å². The van der Waals surface area contributed by atoms with E-state index in [1.807, 2.05) is 61.5 Å². The van der Waals surface area contributed by atoms with Gasteiger partial charge in [-0.1, -0.05) is 49.4 Å². The fraction of sp³-hybridized carbons (Fsp3) is 0.179. The molecule has 33 heavy (non-hydrogen) atoms. The van der Waals surface area contributed by atoms with Crippen LogP contribution >= 0.6 is 0 Å². The maximum atomic E-state index is 10.9. The van der Waals surface area contributed by atoms with Crippen molar-refractivity contribution in [3.8, 4) is 0 Å². The Morgan fingerprint density at radius 2 is 1.48 bits per heavy atom. The lowest BCUT2D eigenvalue weighted by atomic mass is 9.85. The minimum Gasteiger partial charge on any atom is -0.311 e. The highest BCUT2D eigenvalue weighted by Crippen LogP contribution is 2.35. The van der Waals surface area contributed by atoms with Crippen LogP contribution in [0.4, 0.5) is 22.7 Å². The number of hydrogen-bond acceptors (Lipinski definition) is 4. The molecule has 5 nitrogen and oxygen atoms in total. The van der Waals surface area contributed by atoms with Gasteiger partial charge in [0.05, 0.1) is 10.6 Å². The lowest BCUT2D eigenvalue weighted by Crippen LogP contribution is -2.19. The Kier molecular flexibility index (Phi) is 6.79. The number of allylic oxidation sites excluding steroid dienone is 3. The third kappa shape index (κ3) is 5.26. The van der Waals surface area contributed by atoms with Crippen LogP contribution in [0.25, 0.3) is 0 Å². The predicted molar refractivity (Wildman–Crippen MR) is 135 cm³/mol. The number of hydrogen-bond donors (Lipinski definition) is 0. The van der Waals surface area contributed by atoms with E-state index in [2.05, 4.69) is 48.2 Å². The van der Waals surface area contributed by atoms with Crippen LogP contribution in [0, 0.1) is 22.0 Å². The molecular formula is C28H27N3O2. The molecular weight excluding hydrogens is 410 g/mol. The van der Waals surface area contributed by atoms with Gasteiger partial charge in [0, 0.05) is 34.8 Å². The second-order valence-electron chi connectivity index (χ2n) is 8.21. The minimum atomic E-state index is -0.339. The summed E-state index contributed by atoms with van der Waals surface area (Å²) >= 11 is 0. The van der Waals surface area contributed by atoms with E-state index in [9.17, 15) is 10.1 Å². The molecule has 0 saturated heterocycles. The highest BCUT2D eigenvalue weighted by atomic mass is 16.6. The zero-order valence-electron chi connectivity index (χ0n) is 18.8. The average Bonchev–Trinajstić information content (AvgIpc) is 2.86. The molecule has 0 N–H and O–H groups in total. The van der Waals surface area contributed by atoms with E-state index in [4.69, 9.17) is 4.99 Å². The van der Waals surface area contributed by atoms with Gasteiger partial charge >= 0.3 is 0 Å². The van der Waals surface area contributed by atoms with Crippen molar-refractivity contribution in [3.63, 3.8) is 0 Å². The fourth-order valence-corrected chi connectivity index (χ4v) is 4.02. The number of nitro groups is 1. The van der Waals surface area contributed by atoms with Gasteiger partial charge in [-0.25, -0.2) is 0 Å². The fourth-order valence-electron chi connectivity index (χ4n) is 4.02. The third-order valence-corrected chi connectivity index (χ3v) is 6.07. The van der Waals surface area contributed by atoms with Crippen molar-refractivity contribution in [2.75, 3.05) is 4.90 Å². The first kappa shape index (κ1) is 22.2. The summed E-state index contributed by atoms with van der Waals surface area (Å²) in [6.07, 6.45) is 5.89. The Morgan fingerprint density at radius 3 is 1.97 bits per heavy atom. The monoisotopic (exact) mass is 437 g/mol. The summed E-state index contributed by atoms with van der Waals surface area (Å²) < 4.78 is 0. The van der Waals surface area contributed by atoms with Crippen molar-refractivity contribution in [3.05, 3.63) is 119 Å². The molecule has 5 heteroatoms. The predicted octanol–water partition coefficient (Wildman–Crippen LogP) is 7.62. The van der Waals surface area contributed by atoms with Gasteiger partial charge in [0.15, 0.2) is 0 Å². The van der Waals surface area contributed by atoms with E-state index < -0.39 is 0 Å². The zero-order valence-corrected chi connectivity index (χ0v) is 18.8. The van der Waals surface area contributed by atoms with Crippen molar-refractivity contribution in [1.82, 2.24) is 0 Å². The Morgan fingerprint density at radius 1 is 0.939 bits per heavy atom. The van der Waals surface area contributed by atoms with E-state index in [1.165, 1.54) is 0 Å². The summed E-state index contributed by atoms with van der Waals surface area (Å²) in [6, 6.07) is 28.8. The topological polar surface area (TPSA) is 58.7 Å². The Bertz CT molecular complexity index is 1140. The highest BCUT2D eigenvalue weighted by molar-refractivity contribution is 5.87. The summed E-state index contributed by atoms with van der Waals surface area (Å²) in [7, 11) is 0. The second-order valence-corrected chi connectivity index (χ2v) is 8.21. The Hall–Kier alpha value is -3.99. The number of anilines is 3. The first-order valence-corrected chi connectivity index (χ1v) is 11.1. The van der Waals surface area contributed by atoms with Crippen molar-refractivity contribution >= 4 is 28.5 Å². The largest absolute Gasteiger partial charge is 0.311 e. The molecule has 0 fully saturated rings. The van der Waals surface area contributed by atoms with Crippen LogP contribution in [0.1, 0.15) is 20.3 Å². The van der Waals surface area contributed by atoms with Crippen LogP contribution in [0.5, 0.6) is 0 Å². The molecule has 1 aliphatic carbocycles. The average molecular weight is 438 g/mol. The lowest BCUT2D eigenvalue weighted by Gasteiger charge is -2.25. The summed E-state index contributed by atoms with van der Waals surface area (Å²) in [6.45, 7) is 4.15. The number of rotatable bonds is 7. The molecule has 0 spiro atoms. The van der Waals surface area contributed by atoms with Crippen molar-refractivity contribution in [2.45, 2.75) is 20.3 Å². The minimum absolute atomic E-state index is 0.171. The van der Waals surface area contributed by atoms with E-state index in [1.54, 1.807) is 12.2 Å². The van der Waals surface area contributed by atoms with Gasteiger partial charge in [0.2, 0.25) is 0 Å². The standard InChI is InChI=1S/C28H27N3O2/c1-21(23-13-17-28(18-14-23)31(32)33)22(2)29-24-15-19-27(20-16-24)30(25-9-5-3-6-10-25)26-11-7-4-8-12-26/h3-13,15-21,23H,14H2,1-2H3. The van der Waals surface area contributed by atoms with Crippen LogP contribution in [0.3, 0.4) is 0 Å². The van der Waals surface area contributed by atoms with Gasteiger partial charge in [-0.15, -0.1) is 0 Å². The molecule has 0 aromatic heterocycles. The van der Waals surface area contributed by atoms with E-state index in [-0.39, 0.29) is 22.5 Å². The van der Waals surface area contributed by atoms with Crippen molar-refractivity contribution in [2.24, 2.45) is 16.8 Å². The Labute approximate surface area is 194 Å². The Balaban J connectivity index is 1.54. The number of aliphatic imine (C=N–C) groups is 1. The maximum Gasteiger partial charge on any atom is 0.265 e. The van der Waals surface area contributed by atoms with Gasteiger partial charge in [-0.05, 0) is 73.9 Å². The summed E-state index contributed by atoms with van der Waals surface area (Å²) in [5, 5.41) is 10.9. The van der Waals surface area contributed by atoms with Crippen molar-refractivity contribution in [1.29, 1.82) is 0 Å². The molecule has 4 rings (SSSR count). The summed E-state index contributed by atoms with van der Waals surface area (Å²) in [5.41, 5.74) is 5.32. The van der Waals surface area contributed by atoms with Gasteiger partial charge in [0.25, 0.3) is 5.70 Å². The zero-order chi connectivity index (χ0) is 23.2. The van der Waals surface area contributed by atoms with Crippen LogP contribution in [-0.4, -0.2) is 10.6 Å². The molecule has 0 saturated carbocycles. The molecule has 1 aliphatic rings. The van der Waals surface area contributed by atoms with E-state index in [0.717, 1.165) is 28.5 Å². The van der Waals surface area contributed by atoms with Crippen LogP contribution in [-0.2, 0) is 0 Å². The van der Waals surface area contributed by atoms with E-state index >= 15 is 0 Å². The van der Waals surface area contributed by atoms with Crippen molar-refractivity contribution < 1.29 is 4.92 Å².